The van der Waals surface area contributed by atoms with Crippen LogP contribution in [-0.4, -0.2) is 43.3 Å². The Kier molecular flexibility index (Phi) is 8.84. The van der Waals surface area contributed by atoms with Crippen molar-refractivity contribution < 1.29 is 5.11 Å². The molecule has 2 aromatic heterocycles. The number of fused-ring (bicyclic) bond motifs is 1. The lowest BCUT2D eigenvalue weighted by molar-refractivity contribution is 0.410. The number of benzene rings is 1. The molecule has 0 atom stereocenters. The summed E-state index contributed by atoms with van der Waals surface area (Å²) in [6.07, 6.45) is 10.8. The average molecular weight is 508 g/mol. The number of rotatable bonds is 6. The van der Waals surface area contributed by atoms with E-state index in [0.717, 1.165) is 67.9 Å². The predicted molar refractivity (Wildman–Crippen MR) is 142 cm³/mol. The van der Waals surface area contributed by atoms with Crippen LogP contribution in [0.5, 0.6) is 5.75 Å². The fourth-order valence-corrected chi connectivity index (χ4v) is 5.16. The number of nitrogens with two attached hydrogens (primary N) is 1. The Morgan fingerprint density at radius 1 is 1.03 bits per heavy atom. The van der Waals surface area contributed by atoms with E-state index >= 15 is 0 Å². The van der Waals surface area contributed by atoms with Crippen LogP contribution in [0, 0.1) is 0 Å². The van der Waals surface area contributed by atoms with E-state index in [1.807, 2.05) is 18.3 Å². The molecule has 0 aliphatic heterocycles. The summed E-state index contributed by atoms with van der Waals surface area (Å²) < 4.78 is 2.32. The average Bonchev–Trinajstić information content (AvgIpc) is 3.45. The van der Waals surface area contributed by atoms with Gasteiger partial charge in [0, 0.05) is 30.4 Å². The highest BCUT2D eigenvalue weighted by Crippen LogP contribution is 2.38. The van der Waals surface area contributed by atoms with Crippen molar-refractivity contribution in [2.45, 2.75) is 76.4 Å². The van der Waals surface area contributed by atoms with E-state index in [4.69, 9.17) is 15.7 Å². The number of imidazole rings is 1. The highest BCUT2D eigenvalue weighted by Gasteiger charge is 2.27. The van der Waals surface area contributed by atoms with Gasteiger partial charge in [-0.1, -0.05) is 12.8 Å². The van der Waals surface area contributed by atoms with Gasteiger partial charge in [0.1, 0.15) is 11.3 Å². The van der Waals surface area contributed by atoms with Crippen LogP contribution in [0.25, 0.3) is 11.2 Å². The molecule has 5 rings (SSSR count). The van der Waals surface area contributed by atoms with Crippen LogP contribution in [0.1, 0.15) is 64.3 Å². The maximum atomic E-state index is 9.73. The first-order valence-corrected chi connectivity index (χ1v) is 12.0. The molecule has 0 unspecified atom stereocenters. The number of aromatic nitrogens is 4. The monoisotopic (exact) mass is 507 g/mol. The van der Waals surface area contributed by atoms with Crippen molar-refractivity contribution in [1.29, 1.82) is 0 Å². The molecule has 0 radical (unpaired) electrons. The Morgan fingerprint density at radius 3 is 2.35 bits per heavy atom. The second-order valence-corrected chi connectivity index (χ2v) is 9.14. The quantitative estimate of drug-likeness (QED) is 0.413. The van der Waals surface area contributed by atoms with Gasteiger partial charge >= 0.3 is 0 Å². The molecule has 1 aromatic carbocycles. The van der Waals surface area contributed by atoms with Gasteiger partial charge in [-0.05, 0) is 69.7 Å². The molecule has 2 aliphatic rings. The van der Waals surface area contributed by atoms with Crippen LogP contribution in [0.2, 0.25) is 0 Å². The summed E-state index contributed by atoms with van der Waals surface area (Å²) in [6, 6.07) is 8.39. The van der Waals surface area contributed by atoms with Crippen molar-refractivity contribution in [3.8, 4) is 5.75 Å². The predicted octanol–water partition coefficient (Wildman–Crippen LogP) is 5.33. The molecule has 0 bridgehead atoms. The third kappa shape index (κ3) is 5.34. The van der Waals surface area contributed by atoms with Gasteiger partial charge in [-0.2, -0.15) is 4.98 Å². The maximum absolute atomic E-state index is 9.73. The van der Waals surface area contributed by atoms with Gasteiger partial charge in [0.2, 0.25) is 11.9 Å². The number of hydrogen-bond acceptors (Lipinski definition) is 7. The van der Waals surface area contributed by atoms with Crippen LogP contribution in [0.4, 0.5) is 17.6 Å². The summed E-state index contributed by atoms with van der Waals surface area (Å²) in [7, 11) is 0. The van der Waals surface area contributed by atoms with Gasteiger partial charge < -0.3 is 21.1 Å². The first kappa shape index (κ1) is 26.3. The molecule has 2 heterocycles. The first-order chi connectivity index (χ1) is 15.6. The van der Waals surface area contributed by atoms with Crippen molar-refractivity contribution >= 4 is 53.6 Å². The Balaban J connectivity index is 0.00000162. The number of nitrogens with one attached hydrogen (secondary N) is 1. The van der Waals surface area contributed by atoms with Gasteiger partial charge in [0.15, 0.2) is 5.65 Å². The van der Waals surface area contributed by atoms with Gasteiger partial charge in [-0.15, -0.1) is 24.8 Å². The fourth-order valence-electron chi connectivity index (χ4n) is 5.16. The molecule has 34 heavy (non-hydrogen) atoms. The summed E-state index contributed by atoms with van der Waals surface area (Å²) in [5, 5.41) is 13.3. The van der Waals surface area contributed by atoms with Crippen LogP contribution in [0.15, 0.2) is 30.5 Å². The van der Waals surface area contributed by atoms with Crippen molar-refractivity contribution in [1.82, 2.24) is 19.5 Å². The van der Waals surface area contributed by atoms with E-state index < -0.39 is 0 Å². The molecule has 2 aliphatic carbocycles. The third-order valence-corrected chi connectivity index (χ3v) is 6.93. The second kappa shape index (κ2) is 11.4. The SMILES string of the molecule is CCN(c1ccc(O)cc1)c1nc2cnc(NC3CCC(N)CC3)nc2n1C1CCCC1.Cl.Cl. The number of hydrogen-bond donors (Lipinski definition) is 3. The van der Waals surface area contributed by atoms with Crippen LogP contribution in [0.3, 0.4) is 0 Å². The molecular weight excluding hydrogens is 473 g/mol. The molecule has 0 saturated heterocycles. The zero-order valence-corrected chi connectivity index (χ0v) is 21.2. The van der Waals surface area contributed by atoms with Gasteiger partial charge in [-0.25, -0.2) is 9.97 Å². The Morgan fingerprint density at radius 2 is 1.71 bits per heavy atom. The Hall–Kier alpha value is -2.29. The summed E-state index contributed by atoms with van der Waals surface area (Å²) in [5.74, 6) is 1.84. The molecule has 2 fully saturated rings. The molecule has 8 nitrogen and oxygen atoms in total. The number of nitrogens with zero attached hydrogens (tertiary/aromatic N) is 5. The molecule has 0 amide bonds. The molecule has 3 aromatic rings. The van der Waals surface area contributed by atoms with E-state index in [1.54, 1.807) is 12.1 Å². The highest BCUT2D eigenvalue weighted by molar-refractivity contribution is 5.85. The zero-order chi connectivity index (χ0) is 22.1. The number of phenolic OH excluding ortho intramolecular Hbond substituents is 1. The first-order valence-electron chi connectivity index (χ1n) is 12.0. The van der Waals surface area contributed by atoms with Crippen LogP contribution < -0.4 is 16.0 Å². The van der Waals surface area contributed by atoms with E-state index in [0.29, 0.717) is 24.1 Å². The van der Waals surface area contributed by atoms with E-state index in [9.17, 15) is 5.11 Å². The normalized spacial score (nSPS) is 20.5. The number of anilines is 3. The number of aromatic hydroxyl groups is 1. The maximum Gasteiger partial charge on any atom is 0.224 e. The minimum atomic E-state index is 0. The van der Waals surface area contributed by atoms with Crippen molar-refractivity contribution in [3.63, 3.8) is 0 Å². The molecule has 4 N–H and O–H groups in total. The summed E-state index contributed by atoms with van der Waals surface area (Å²) in [4.78, 5) is 16.7. The lowest BCUT2D eigenvalue weighted by Crippen LogP contribution is -2.33. The van der Waals surface area contributed by atoms with Gasteiger partial charge in [0.05, 0.1) is 6.20 Å². The molecular formula is C24H35Cl2N7O. The number of halogens is 2. The largest absolute Gasteiger partial charge is 0.508 e. The lowest BCUT2D eigenvalue weighted by atomic mass is 9.92. The number of phenols is 1. The van der Waals surface area contributed by atoms with Crippen LogP contribution >= 0.6 is 24.8 Å². The molecule has 186 valence electrons. The summed E-state index contributed by atoms with van der Waals surface area (Å²) in [5.41, 5.74) is 8.79. The summed E-state index contributed by atoms with van der Waals surface area (Å²) >= 11 is 0. The minimum absolute atomic E-state index is 0. The standard InChI is InChI=1S/C24H33N7O.2ClH/c1-2-30(18-11-13-20(32)14-12-18)24-28-21-15-26-23(27-17-9-7-16(25)8-10-17)29-22(21)31(24)19-5-3-4-6-19;;/h11-17,19,32H,2-10,25H2,1H3,(H,26,27,29);2*1H. The highest BCUT2D eigenvalue weighted by atomic mass is 35.5. The minimum Gasteiger partial charge on any atom is -0.508 e. The van der Waals surface area contributed by atoms with Crippen LogP contribution in [-0.2, 0) is 0 Å². The summed E-state index contributed by atoms with van der Waals surface area (Å²) in [6.45, 7) is 2.89. The fraction of sp³-hybridized carbons (Fsp3) is 0.542. The van der Waals surface area contributed by atoms with E-state index in [1.165, 1.54) is 12.8 Å². The topological polar surface area (TPSA) is 105 Å². The van der Waals surface area contributed by atoms with Gasteiger partial charge in [0.25, 0.3) is 0 Å². The van der Waals surface area contributed by atoms with E-state index in [2.05, 4.69) is 26.7 Å². The van der Waals surface area contributed by atoms with Crippen molar-refractivity contribution in [3.05, 3.63) is 30.5 Å². The van der Waals surface area contributed by atoms with Crippen molar-refractivity contribution in [2.24, 2.45) is 5.73 Å². The third-order valence-electron chi connectivity index (χ3n) is 6.93. The zero-order valence-electron chi connectivity index (χ0n) is 19.6. The van der Waals surface area contributed by atoms with Crippen molar-refractivity contribution in [2.75, 3.05) is 16.8 Å². The molecule has 2 saturated carbocycles. The molecule has 0 spiro atoms. The van der Waals surface area contributed by atoms with E-state index in [-0.39, 0.29) is 30.6 Å². The lowest BCUT2D eigenvalue weighted by Gasteiger charge is -2.27. The Labute approximate surface area is 213 Å². The Bertz CT molecular complexity index is 1060. The second-order valence-electron chi connectivity index (χ2n) is 9.14. The molecule has 10 heteroatoms. The van der Waals surface area contributed by atoms with Gasteiger partial charge in [-0.3, -0.25) is 4.57 Å². The smallest absolute Gasteiger partial charge is 0.224 e.